The molecular weight excluding hydrogens is 224 g/mol. The third-order valence-electron chi connectivity index (χ3n) is 2.75. The van der Waals surface area contributed by atoms with E-state index in [4.69, 9.17) is 5.26 Å². The Hall–Kier alpha value is -2.41. The van der Waals surface area contributed by atoms with Crippen molar-refractivity contribution in [3.8, 4) is 6.07 Å². The van der Waals surface area contributed by atoms with Gasteiger partial charge in [0.15, 0.2) is 11.5 Å². The third-order valence-corrected chi connectivity index (χ3v) is 2.75. The molecule has 0 aliphatic heterocycles. The van der Waals surface area contributed by atoms with Crippen LogP contribution in [0.4, 0.5) is 5.82 Å². The smallest absolute Gasteiger partial charge is 0.182 e. The van der Waals surface area contributed by atoms with Gasteiger partial charge in [0.25, 0.3) is 0 Å². The van der Waals surface area contributed by atoms with E-state index in [9.17, 15) is 0 Å². The molecule has 18 heavy (non-hydrogen) atoms. The second kappa shape index (κ2) is 5.78. The molecule has 1 aromatic carbocycles. The van der Waals surface area contributed by atoms with Crippen molar-refractivity contribution in [3.63, 3.8) is 0 Å². The van der Waals surface area contributed by atoms with Crippen LogP contribution in [0, 0.1) is 18.3 Å². The van der Waals surface area contributed by atoms with E-state index in [0.717, 1.165) is 13.0 Å². The van der Waals surface area contributed by atoms with E-state index in [1.165, 1.54) is 17.3 Å². The molecule has 0 saturated carbocycles. The average Bonchev–Trinajstić information content (AvgIpc) is 2.41. The van der Waals surface area contributed by atoms with Crippen molar-refractivity contribution in [1.29, 1.82) is 5.26 Å². The van der Waals surface area contributed by atoms with Gasteiger partial charge in [-0.25, -0.2) is 9.97 Å². The molecule has 2 aromatic rings. The zero-order valence-electron chi connectivity index (χ0n) is 10.2. The molecule has 90 valence electrons. The Morgan fingerprint density at radius 3 is 2.78 bits per heavy atom. The summed E-state index contributed by atoms with van der Waals surface area (Å²) in [6.45, 7) is 2.83. The maximum Gasteiger partial charge on any atom is 0.182 e. The number of nitrogens with zero attached hydrogens (tertiary/aromatic N) is 3. The number of benzene rings is 1. The first-order valence-corrected chi connectivity index (χ1v) is 5.81. The highest BCUT2D eigenvalue weighted by Crippen LogP contribution is 2.10. The third kappa shape index (κ3) is 2.83. The van der Waals surface area contributed by atoms with Crippen molar-refractivity contribution in [2.75, 3.05) is 11.9 Å². The second-order valence-corrected chi connectivity index (χ2v) is 3.97. The van der Waals surface area contributed by atoms with Crippen LogP contribution in [0.25, 0.3) is 0 Å². The molecule has 4 nitrogen and oxygen atoms in total. The summed E-state index contributed by atoms with van der Waals surface area (Å²) in [6.07, 6.45) is 4.00. The average molecular weight is 238 g/mol. The van der Waals surface area contributed by atoms with Crippen LogP contribution < -0.4 is 5.32 Å². The van der Waals surface area contributed by atoms with Crippen molar-refractivity contribution < 1.29 is 0 Å². The number of rotatable bonds is 4. The number of anilines is 1. The van der Waals surface area contributed by atoms with Crippen LogP contribution in [0.1, 0.15) is 16.8 Å². The summed E-state index contributed by atoms with van der Waals surface area (Å²) in [7, 11) is 0. The zero-order chi connectivity index (χ0) is 12.8. The summed E-state index contributed by atoms with van der Waals surface area (Å²) in [5.74, 6) is 0.550. The lowest BCUT2D eigenvalue weighted by atomic mass is 10.1. The molecule has 0 atom stereocenters. The van der Waals surface area contributed by atoms with Crippen molar-refractivity contribution in [3.05, 3.63) is 53.5 Å². The Balaban J connectivity index is 1.97. The lowest BCUT2D eigenvalue weighted by molar-refractivity contribution is 0.984. The fourth-order valence-electron chi connectivity index (χ4n) is 1.76. The molecule has 0 spiro atoms. The lowest BCUT2D eigenvalue weighted by Crippen LogP contribution is -2.09. The Morgan fingerprint density at radius 1 is 1.22 bits per heavy atom. The summed E-state index contributed by atoms with van der Waals surface area (Å²) in [4.78, 5) is 8.06. The van der Waals surface area contributed by atoms with Gasteiger partial charge in [0.05, 0.1) is 0 Å². The number of hydrogen-bond donors (Lipinski definition) is 1. The molecule has 0 bridgehead atoms. The molecule has 0 amide bonds. The Kier molecular flexibility index (Phi) is 3.87. The molecule has 4 heteroatoms. The maximum absolute atomic E-state index is 8.89. The van der Waals surface area contributed by atoms with E-state index in [-0.39, 0.29) is 0 Å². The highest BCUT2D eigenvalue weighted by molar-refractivity contribution is 5.46. The fraction of sp³-hybridized carbons (Fsp3) is 0.214. The van der Waals surface area contributed by atoms with E-state index in [0.29, 0.717) is 11.5 Å². The van der Waals surface area contributed by atoms with Gasteiger partial charge < -0.3 is 5.32 Å². The van der Waals surface area contributed by atoms with Gasteiger partial charge in [0.1, 0.15) is 6.07 Å². The Bertz CT molecular complexity index is 572. The Labute approximate surface area is 106 Å². The highest BCUT2D eigenvalue weighted by Gasteiger charge is 2.03. The first kappa shape index (κ1) is 12.1. The second-order valence-electron chi connectivity index (χ2n) is 3.97. The van der Waals surface area contributed by atoms with E-state index in [1.54, 1.807) is 6.20 Å². The van der Waals surface area contributed by atoms with Crippen LogP contribution in [-0.4, -0.2) is 16.5 Å². The molecule has 1 aromatic heterocycles. The molecular formula is C14H14N4. The van der Waals surface area contributed by atoms with Crippen LogP contribution in [0.3, 0.4) is 0 Å². The minimum atomic E-state index is 0.335. The normalized spacial score (nSPS) is 9.78. The molecule has 0 aliphatic rings. The summed E-state index contributed by atoms with van der Waals surface area (Å²) < 4.78 is 0. The number of nitriles is 1. The quantitative estimate of drug-likeness (QED) is 0.887. The van der Waals surface area contributed by atoms with E-state index in [1.807, 2.05) is 18.2 Å². The van der Waals surface area contributed by atoms with Crippen molar-refractivity contribution in [2.45, 2.75) is 13.3 Å². The van der Waals surface area contributed by atoms with Crippen LogP contribution in [0.2, 0.25) is 0 Å². The minimum Gasteiger partial charge on any atom is -0.367 e. The summed E-state index contributed by atoms with van der Waals surface area (Å²) in [6, 6.07) is 10.3. The van der Waals surface area contributed by atoms with E-state index < -0.39 is 0 Å². The van der Waals surface area contributed by atoms with Crippen LogP contribution >= 0.6 is 0 Å². The summed E-state index contributed by atoms with van der Waals surface area (Å²) in [5.41, 5.74) is 2.91. The van der Waals surface area contributed by atoms with Gasteiger partial charge in [-0.15, -0.1) is 0 Å². The molecule has 0 fully saturated rings. The standard InChI is InChI=1S/C14H14N4/c1-11-4-2-3-5-12(11)6-7-17-14-13(10-15)16-8-9-18-14/h2-5,8-9H,6-7H2,1H3,(H,17,18). The first-order chi connectivity index (χ1) is 8.81. The summed E-state index contributed by atoms with van der Waals surface area (Å²) in [5, 5.41) is 12.0. The lowest BCUT2D eigenvalue weighted by Gasteiger charge is -2.08. The molecule has 0 unspecified atom stereocenters. The van der Waals surface area contributed by atoms with Crippen LogP contribution in [-0.2, 0) is 6.42 Å². The molecule has 1 N–H and O–H groups in total. The van der Waals surface area contributed by atoms with Gasteiger partial charge in [-0.1, -0.05) is 24.3 Å². The van der Waals surface area contributed by atoms with Crippen molar-refractivity contribution in [1.82, 2.24) is 9.97 Å². The van der Waals surface area contributed by atoms with E-state index in [2.05, 4.69) is 34.3 Å². The number of hydrogen-bond acceptors (Lipinski definition) is 4. The van der Waals surface area contributed by atoms with Gasteiger partial charge in [-0.3, -0.25) is 0 Å². The van der Waals surface area contributed by atoms with Crippen molar-refractivity contribution in [2.24, 2.45) is 0 Å². The van der Waals surface area contributed by atoms with Crippen LogP contribution in [0.5, 0.6) is 0 Å². The van der Waals surface area contributed by atoms with Gasteiger partial charge in [-0.05, 0) is 24.5 Å². The number of aryl methyl sites for hydroxylation is 1. The molecule has 0 aliphatic carbocycles. The molecule has 0 saturated heterocycles. The van der Waals surface area contributed by atoms with E-state index >= 15 is 0 Å². The minimum absolute atomic E-state index is 0.335. The fourth-order valence-corrected chi connectivity index (χ4v) is 1.76. The zero-order valence-corrected chi connectivity index (χ0v) is 10.2. The molecule has 1 heterocycles. The van der Waals surface area contributed by atoms with Crippen molar-refractivity contribution >= 4 is 5.82 Å². The molecule has 2 rings (SSSR count). The van der Waals surface area contributed by atoms with Gasteiger partial charge in [-0.2, -0.15) is 5.26 Å². The predicted octanol–water partition coefficient (Wildman–Crippen LogP) is 2.31. The monoisotopic (exact) mass is 238 g/mol. The highest BCUT2D eigenvalue weighted by atomic mass is 15.0. The largest absolute Gasteiger partial charge is 0.367 e. The SMILES string of the molecule is Cc1ccccc1CCNc1nccnc1C#N. The summed E-state index contributed by atoms with van der Waals surface area (Å²) >= 11 is 0. The number of nitrogens with one attached hydrogen (secondary N) is 1. The van der Waals surface area contributed by atoms with Gasteiger partial charge in [0.2, 0.25) is 0 Å². The Morgan fingerprint density at radius 2 is 2.00 bits per heavy atom. The van der Waals surface area contributed by atoms with Gasteiger partial charge >= 0.3 is 0 Å². The predicted molar refractivity (Wildman–Crippen MR) is 70.1 cm³/mol. The molecule has 0 radical (unpaired) electrons. The maximum atomic E-state index is 8.89. The number of aromatic nitrogens is 2. The van der Waals surface area contributed by atoms with Crippen LogP contribution in [0.15, 0.2) is 36.7 Å². The first-order valence-electron chi connectivity index (χ1n) is 5.81. The topological polar surface area (TPSA) is 61.6 Å². The van der Waals surface area contributed by atoms with Gasteiger partial charge in [0, 0.05) is 18.9 Å².